The number of carbonyl (C=O) groups excluding carboxylic acids is 1. The van der Waals surface area contributed by atoms with Gasteiger partial charge in [-0.3, -0.25) is 4.79 Å². The van der Waals surface area contributed by atoms with E-state index < -0.39 is 86.8 Å². The van der Waals surface area contributed by atoms with E-state index in [0.717, 1.165) is 32.1 Å². The van der Waals surface area contributed by atoms with Gasteiger partial charge < -0.3 is 65.1 Å². The highest BCUT2D eigenvalue weighted by molar-refractivity contribution is 5.76. The highest BCUT2D eigenvalue weighted by Crippen LogP contribution is 2.30. The number of amides is 1. The average molecular weight is 1040 g/mol. The van der Waals surface area contributed by atoms with E-state index in [1.807, 2.05) is 6.08 Å². The molecule has 14 nitrogen and oxygen atoms in total. The molecule has 1 amide bonds. The topological polar surface area (TPSA) is 228 Å². The third kappa shape index (κ3) is 31.5. The van der Waals surface area contributed by atoms with E-state index in [4.69, 9.17) is 18.9 Å². The fourth-order valence-electron chi connectivity index (χ4n) is 10.0. The van der Waals surface area contributed by atoms with Crippen molar-refractivity contribution in [1.29, 1.82) is 0 Å². The van der Waals surface area contributed by atoms with Gasteiger partial charge in [-0.25, -0.2) is 0 Å². The first-order valence-corrected chi connectivity index (χ1v) is 30.1. The summed E-state index contributed by atoms with van der Waals surface area (Å²) in [5.41, 5.74) is 0. The Kier molecular flexibility index (Phi) is 42.1. The molecule has 2 aliphatic heterocycles. The van der Waals surface area contributed by atoms with Crippen LogP contribution in [0.25, 0.3) is 0 Å². The summed E-state index contributed by atoms with van der Waals surface area (Å²) >= 11 is 0. The molecule has 0 aromatic heterocycles. The van der Waals surface area contributed by atoms with Gasteiger partial charge in [0, 0.05) is 6.42 Å². The fourth-order valence-corrected chi connectivity index (χ4v) is 10.0. The maximum Gasteiger partial charge on any atom is 0.220 e. The Hall–Kier alpha value is -1.53. The van der Waals surface area contributed by atoms with Crippen molar-refractivity contribution in [2.45, 2.75) is 325 Å². The Labute approximate surface area is 443 Å². The second-order valence-corrected chi connectivity index (χ2v) is 21.5. The van der Waals surface area contributed by atoms with Crippen LogP contribution in [-0.2, 0) is 23.7 Å². The minimum Gasteiger partial charge on any atom is -0.394 e. The van der Waals surface area contributed by atoms with Crippen LogP contribution in [0.15, 0.2) is 24.3 Å². The molecule has 0 aliphatic carbocycles. The molecule has 2 fully saturated rings. The number of aliphatic hydroxyl groups excluding tert-OH is 8. The zero-order chi connectivity index (χ0) is 53.2. The van der Waals surface area contributed by atoms with E-state index in [1.165, 1.54) is 186 Å². The molecule has 2 rings (SSSR count). The van der Waals surface area contributed by atoms with Crippen LogP contribution in [0.1, 0.15) is 251 Å². The lowest BCUT2D eigenvalue weighted by Crippen LogP contribution is -2.65. The van der Waals surface area contributed by atoms with Gasteiger partial charge in [-0.15, -0.1) is 0 Å². The van der Waals surface area contributed by atoms with E-state index >= 15 is 0 Å². The van der Waals surface area contributed by atoms with Crippen LogP contribution in [-0.4, -0.2) is 140 Å². The van der Waals surface area contributed by atoms with Gasteiger partial charge in [0.15, 0.2) is 12.6 Å². The van der Waals surface area contributed by atoms with Crippen LogP contribution in [0, 0.1) is 0 Å². The number of nitrogens with one attached hydrogen (secondary N) is 1. The first-order valence-electron chi connectivity index (χ1n) is 30.1. The van der Waals surface area contributed by atoms with E-state index in [2.05, 4.69) is 31.3 Å². The number of aliphatic hydroxyl groups is 8. The summed E-state index contributed by atoms with van der Waals surface area (Å²) in [6.45, 7) is 2.80. The molecule has 14 heteroatoms. The van der Waals surface area contributed by atoms with Crippen LogP contribution < -0.4 is 5.32 Å². The van der Waals surface area contributed by atoms with Crippen molar-refractivity contribution >= 4 is 5.91 Å². The number of hydrogen-bond acceptors (Lipinski definition) is 13. The summed E-state index contributed by atoms with van der Waals surface area (Å²) in [5, 5.41) is 87.0. The molecule has 73 heavy (non-hydrogen) atoms. The summed E-state index contributed by atoms with van der Waals surface area (Å²) in [7, 11) is 0. The minimum absolute atomic E-state index is 0.246. The van der Waals surface area contributed by atoms with E-state index in [-0.39, 0.29) is 18.9 Å². The molecular formula is C59H111NO13. The number of carbonyl (C=O) groups is 1. The van der Waals surface area contributed by atoms with Gasteiger partial charge in [-0.1, -0.05) is 237 Å². The summed E-state index contributed by atoms with van der Waals surface area (Å²) in [4.78, 5) is 13.2. The molecule has 0 bridgehead atoms. The summed E-state index contributed by atoms with van der Waals surface area (Å²) < 4.78 is 22.7. The van der Waals surface area contributed by atoms with Crippen molar-refractivity contribution in [2.24, 2.45) is 0 Å². The third-order valence-electron chi connectivity index (χ3n) is 14.9. The Morgan fingerprint density at radius 2 is 0.877 bits per heavy atom. The van der Waals surface area contributed by atoms with Crippen molar-refractivity contribution in [2.75, 3.05) is 19.8 Å². The summed E-state index contributed by atoms with van der Waals surface area (Å²) in [6.07, 6.45) is 36.6. The highest BCUT2D eigenvalue weighted by Gasteiger charge is 2.51. The lowest BCUT2D eigenvalue weighted by molar-refractivity contribution is -0.359. The second-order valence-electron chi connectivity index (χ2n) is 21.5. The van der Waals surface area contributed by atoms with E-state index in [1.54, 1.807) is 6.08 Å². The van der Waals surface area contributed by atoms with Gasteiger partial charge in [0.25, 0.3) is 0 Å². The molecule has 9 N–H and O–H groups in total. The Balaban J connectivity index is 1.76. The SMILES string of the molecule is CCCCCCCCCCCCCCCCCCCCC/C=C/CC/C=C/C(O)C(COC1OC(CO)C(OC2OC(CO)C(O)C(O)C2O)C(O)C1O)NC(=O)CCCCCCCCCCCCCCCC. The van der Waals surface area contributed by atoms with Crippen molar-refractivity contribution in [3.05, 3.63) is 24.3 Å². The first-order chi connectivity index (χ1) is 35.6. The molecule has 12 atom stereocenters. The highest BCUT2D eigenvalue weighted by atomic mass is 16.7. The molecular weight excluding hydrogens is 931 g/mol. The maximum atomic E-state index is 13.2. The molecule has 2 saturated heterocycles. The monoisotopic (exact) mass is 1040 g/mol. The quantitative estimate of drug-likeness (QED) is 0.0204. The Bertz CT molecular complexity index is 1320. The Morgan fingerprint density at radius 1 is 0.479 bits per heavy atom. The summed E-state index contributed by atoms with van der Waals surface area (Å²) in [6, 6.07) is -0.927. The van der Waals surface area contributed by atoms with Gasteiger partial charge >= 0.3 is 0 Å². The van der Waals surface area contributed by atoms with Crippen LogP contribution in [0.4, 0.5) is 0 Å². The predicted molar refractivity (Wildman–Crippen MR) is 291 cm³/mol. The van der Waals surface area contributed by atoms with E-state index in [0.29, 0.717) is 12.8 Å². The zero-order valence-corrected chi connectivity index (χ0v) is 46.1. The first kappa shape index (κ1) is 67.6. The molecule has 0 spiro atoms. The average Bonchev–Trinajstić information content (AvgIpc) is 3.39. The third-order valence-corrected chi connectivity index (χ3v) is 14.9. The Morgan fingerprint density at radius 3 is 1.34 bits per heavy atom. The van der Waals surface area contributed by atoms with E-state index in [9.17, 15) is 45.6 Å². The number of hydrogen-bond donors (Lipinski definition) is 9. The molecule has 2 aliphatic rings. The van der Waals surface area contributed by atoms with Crippen molar-refractivity contribution in [3.8, 4) is 0 Å². The number of ether oxygens (including phenoxy) is 4. The second kappa shape index (κ2) is 45.5. The van der Waals surface area contributed by atoms with Crippen LogP contribution in [0.3, 0.4) is 0 Å². The molecule has 0 aromatic carbocycles. The molecule has 12 unspecified atom stereocenters. The van der Waals surface area contributed by atoms with Crippen LogP contribution >= 0.6 is 0 Å². The molecule has 2 heterocycles. The lowest BCUT2D eigenvalue weighted by atomic mass is 9.97. The standard InChI is InChI=1S/C59H111NO13/c1-3-5-7-9-11-13-15-17-19-20-21-22-23-24-25-26-27-28-29-30-32-34-36-38-40-42-48(63)47(60-51(64)43-41-39-37-35-33-31-18-16-14-12-10-8-6-4-2)46-70-58-56(69)54(67)57(50(45-62)72-58)73-59-55(68)53(66)52(65)49(44-61)71-59/h32,34,40,42,47-50,52-59,61-63,65-69H,3-31,33,35-39,41,43-46H2,1-2H3,(H,60,64)/b34-32+,42-40+. The van der Waals surface area contributed by atoms with Gasteiger partial charge in [0.1, 0.15) is 48.8 Å². The molecule has 0 radical (unpaired) electrons. The van der Waals surface area contributed by atoms with Crippen molar-refractivity contribution in [3.63, 3.8) is 0 Å². The summed E-state index contributed by atoms with van der Waals surface area (Å²) in [5.74, 6) is -0.246. The molecule has 0 saturated carbocycles. The minimum atomic E-state index is -1.79. The smallest absolute Gasteiger partial charge is 0.220 e. The van der Waals surface area contributed by atoms with Crippen LogP contribution in [0.5, 0.6) is 0 Å². The fraction of sp³-hybridized carbons (Fsp3) is 0.915. The normalized spacial score (nSPS) is 25.5. The maximum absolute atomic E-state index is 13.2. The molecule has 0 aromatic rings. The number of unbranched alkanes of at least 4 members (excludes halogenated alkanes) is 33. The number of allylic oxidation sites excluding steroid dienone is 3. The van der Waals surface area contributed by atoms with Crippen molar-refractivity contribution < 1.29 is 64.6 Å². The zero-order valence-electron chi connectivity index (χ0n) is 46.1. The van der Waals surface area contributed by atoms with Gasteiger partial charge in [0.2, 0.25) is 5.91 Å². The largest absolute Gasteiger partial charge is 0.394 e. The van der Waals surface area contributed by atoms with Crippen molar-refractivity contribution in [1.82, 2.24) is 5.32 Å². The van der Waals surface area contributed by atoms with Crippen LogP contribution in [0.2, 0.25) is 0 Å². The number of rotatable bonds is 48. The molecule has 430 valence electrons. The van der Waals surface area contributed by atoms with Gasteiger partial charge in [0.05, 0.1) is 32.0 Å². The lowest BCUT2D eigenvalue weighted by Gasteiger charge is -2.46. The van der Waals surface area contributed by atoms with Gasteiger partial charge in [-0.2, -0.15) is 0 Å². The predicted octanol–water partition coefficient (Wildman–Crippen LogP) is 10.1. The van der Waals surface area contributed by atoms with Gasteiger partial charge in [-0.05, 0) is 32.1 Å².